The minimum Gasteiger partial charge on any atom is -0.492 e. The van der Waals surface area contributed by atoms with Crippen molar-refractivity contribution in [3.63, 3.8) is 0 Å². The first kappa shape index (κ1) is 10.8. The molecule has 1 aromatic heterocycles. The molecule has 0 aromatic carbocycles. The number of ether oxygens (including phenoxy) is 1. The van der Waals surface area contributed by atoms with Crippen molar-refractivity contribution < 1.29 is 14.8 Å². The lowest BCUT2D eigenvalue weighted by atomic mass is 9.91. The van der Waals surface area contributed by atoms with E-state index in [1.54, 1.807) is 24.5 Å². The highest BCUT2D eigenvalue weighted by Gasteiger charge is 1.99. The van der Waals surface area contributed by atoms with Crippen molar-refractivity contribution in [1.82, 2.24) is 4.98 Å². The van der Waals surface area contributed by atoms with E-state index in [4.69, 9.17) is 14.8 Å². The van der Waals surface area contributed by atoms with Gasteiger partial charge in [-0.05, 0) is 18.6 Å². The molecule has 0 amide bonds. The topological polar surface area (TPSA) is 62.6 Å². The Labute approximate surface area is 83.0 Å². The number of aromatic nitrogens is 1. The SMILES string of the molecule is CCOc1cncc(/C=C/B(O)O)c1. The average Bonchev–Trinajstić information content (AvgIpc) is 2.16. The second-order valence-electron chi connectivity index (χ2n) is 2.66. The quantitative estimate of drug-likeness (QED) is 0.683. The van der Waals surface area contributed by atoms with Crippen molar-refractivity contribution in [2.24, 2.45) is 0 Å². The van der Waals surface area contributed by atoms with E-state index < -0.39 is 7.12 Å². The van der Waals surface area contributed by atoms with Gasteiger partial charge in [-0.3, -0.25) is 4.98 Å². The van der Waals surface area contributed by atoms with Crippen LogP contribution in [0, 0.1) is 0 Å². The third-order valence-electron chi connectivity index (χ3n) is 1.51. The Morgan fingerprint density at radius 3 is 2.93 bits per heavy atom. The first-order chi connectivity index (χ1) is 6.72. The van der Waals surface area contributed by atoms with Crippen LogP contribution < -0.4 is 4.74 Å². The molecule has 1 aromatic rings. The largest absolute Gasteiger partial charge is 0.492 e. The number of hydrogen-bond acceptors (Lipinski definition) is 4. The normalized spacial score (nSPS) is 10.5. The molecular formula is C9H12BNO3. The van der Waals surface area contributed by atoms with Crippen molar-refractivity contribution in [3.05, 3.63) is 30.0 Å². The maximum atomic E-state index is 8.60. The summed E-state index contributed by atoms with van der Waals surface area (Å²) < 4.78 is 5.23. The molecule has 0 aliphatic rings. The molecule has 74 valence electrons. The molecule has 0 aliphatic heterocycles. The van der Waals surface area contributed by atoms with Gasteiger partial charge in [0.2, 0.25) is 0 Å². The summed E-state index contributed by atoms with van der Waals surface area (Å²) in [6.07, 6.45) is 4.79. The first-order valence-corrected chi connectivity index (χ1v) is 4.34. The van der Waals surface area contributed by atoms with Gasteiger partial charge < -0.3 is 14.8 Å². The molecule has 0 saturated carbocycles. The molecule has 5 heteroatoms. The van der Waals surface area contributed by atoms with E-state index in [0.29, 0.717) is 12.4 Å². The van der Waals surface area contributed by atoms with Crippen molar-refractivity contribution in [2.45, 2.75) is 6.92 Å². The zero-order valence-corrected chi connectivity index (χ0v) is 7.92. The van der Waals surface area contributed by atoms with E-state index in [1.807, 2.05) is 6.92 Å². The highest BCUT2D eigenvalue weighted by atomic mass is 16.5. The molecular weight excluding hydrogens is 181 g/mol. The van der Waals surface area contributed by atoms with E-state index >= 15 is 0 Å². The van der Waals surface area contributed by atoms with Crippen LogP contribution in [0.25, 0.3) is 6.08 Å². The van der Waals surface area contributed by atoms with Crippen molar-refractivity contribution in [3.8, 4) is 5.75 Å². The van der Waals surface area contributed by atoms with E-state index in [0.717, 1.165) is 5.56 Å². The van der Waals surface area contributed by atoms with Crippen LogP contribution in [0.15, 0.2) is 24.4 Å². The van der Waals surface area contributed by atoms with Gasteiger partial charge in [0.05, 0.1) is 12.8 Å². The third-order valence-corrected chi connectivity index (χ3v) is 1.51. The minimum atomic E-state index is -1.44. The zero-order chi connectivity index (χ0) is 10.4. The molecule has 1 heterocycles. The number of rotatable bonds is 4. The Hall–Kier alpha value is -1.33. The molecule has 14 heavy (non-hydrogen) atoms. The molecule has 0 radical (unpaired) electrons. The molecule has 0 saturated heterocycles. The summed E-state index contributed by atoms with van der Waals surface area (Å²) in [5.41, 5.74) is 0.768. The van der Waals surface area contributed by atoms with Crippen LogP contribution in [0.3, 0.4) is 0 Å². The standard InChI is InChI=1S/C9H12BNO3/c1-2-14-9-5-8(6-11-7-9)3-4-10(12)13/h3-7,12-13H,2H2,1H3/b4-3+. The summed E-state index contributed by atoms with van der Waals surface area (Å²) in [7, 11) is -1.44. The lowest BCUT2D eigenvalue weighted by molar-refractivity contribution is 0.339. The van der Waals surface area contributed by atoms with E-state index in [1.165, 1.54) is 5.98 Å². The van der Waals surface area contributed by atoms with Crippen LogP contribution in [-0.2, 0) is 0 Å². The summed E-state index contributed by atoms with van der Waals surface area (Å²) in [5, 5.41) is 17.2. The van der Waals surface area contributed by atoms with Crippen LogP contribution in [0.4, 0.5) is 0 Å². The Kier molecular flexibility index (Phi) is 4.16. The smallest absolute Gasteiger partial charge is 0.480 e. The highest BCUT2D eigenvalue weighted by molar-refractivity contribution is 6.48. The maximum absolute atomic E-state index is 8.60. The second-order valence-corrected chi connectivity index (χ2v) is 2.66. The Bertz CT molecular complexity index is 315. The molecule has 0 fully saturated rings. The van der Waals surface area contributed by atoms with Gasteiger partial charge in [0.25, 0.3) is 0 Å². The van der Waals surface area contributed by atoms with Gasteiger partial charge in [0.1, 0.15) is 5.75 Å². The third kappa shape index (κ3) is 3.59. The van der Waals surface area contributed by atoms with Crippen molar-refractivity contribution in [1.29, 1.82) is 0 Å². The summed E-state index contributed by atoms with van der Waals surface area (Å²) in [6.45, 7) is 2.47. The predicted octanol–water partition coefficient (Wildman–Crippen LogP) is 0.505. The van der Waals surface area contributed by atoms with Crippen LogP contribution in [0.1, 0.15) is 12.5 Å². The monoisotopic (exact) mass is 193 g/mol. The highest BCUT2D eigenvalue weighted by Crippen LogP contribution is 2.12. The lowest BCUT2D eigenvalue weighted by Crippen LogP contribution is -2.05. The molecule has 0 aliphatic carbocycles. The number of hydrogen-bond donors (Lipinski definition) is 2. The predicted molar refractivity (Wildman–Crippen MR) is 54.6 cm³/mol. The van der Waals surface area contributed by atoms with E-state index in [-0.39, 0.29) is 0 Å². The Morgan fingerprint density at radius 1 is 1.50 bits per heavy atom. The molecule has 0 atom stereocenters. The molecule has 0 unspecified atom stereocenters. The van der Waals surface area contributed by atoms with Crippen LogP contribution >= 0.6 is 0 Å². The molecule has 4 nitrogen and oxygen atoms in total. The fourth-order valence-electron chi connectivity index (χ4n) is 0.970. The van der Waals surface area contributed by atoms with Gasteiger partial charge in [0.15, 0.2) is 0 Å². The molecule has 1 rings (SSSR count). The van der Waals surface area contributed by atoms with E-state index in [9.17, 15) is 0 Å². The van der Waals surface area contributed by atoms with Crippen molar-refractivity contribution >= 4 is 13.2 Å². The van der Waals surface area contributed by atoms with Crippen LogP contribution in [-0.4, -0.2) is 28.8 Å². The fourth-order valence-corrected chi connectivity index (χ4v) is 0.970. The van der Waals surface area contributed by atoms with E-state index in [2.05, 4.69) is 4.98 Å². The number of nitrogens with zero attached hydrogens (tertiary/aromatic N) is 1. The van der Waals surface area contributed by atoms with Gasteiger partial charge in [-0.2, -0.15) is 0 Å². The maximum Gasteiger partial charge on any atom is 0.480 e. The molecule has 2 N–H and O–H groups in total. The average molecular weight is 193 g/mol. The summed E-state index contributed by atoms with van der Waals surface area (Å²) >= 11 is 0. The summed E-state index contributed by atoms with van der Waals surface area (Å²) in [4.78, 5) is 3.94. The molecule has 0 bridgehead atoms. The van der Waals surface area contributed by atoms with Gasteiger partial charge in [-0.25, -0.2) is 0 Å². The minimum absolute atomic E-state index is 0.581. The summed E-state index contributed by atoms with van der Waals surface area (Å²) in [6, 6.07) is 1.77. The second kappa shape index (κ2) is 5.41. The van der Waals surface area contributed by atoms with Crippen LogP contribution in [0.2, 0.25) is 0 Å². The van der Waals surface area contributed by atoms with Crippen LogP contribution in [0.5, 0.6) is 5.75 Å². The fraction of sp³-hybridized carbons (Fsp3) is 0.222. The molecule has 0 spiro atoms. The van der Waals surface area contributed by atoms with Gasteiger partial charge in [0, 0.05) is 6.20 Å². The first-order valence-electron chi connectivity index (χ1n) is 4.34. The van der Waals surface area contributed by atoms with Gasteiger partial charge in [-0.15, -0.1) is 0 Å². The van der Waals surface area contributed by atoms with Gasteiger partial charge >= 0.3 is 7.12 Å². The number of pyridine rings is 1. The Morgan fingerprint density at radius 2 is 2.29 bits per heavy atom. The zero-order valence-electron chi connectivity index (χ0n) is 7.92. The summed E-state index contributed by atoms with van der Waals surface area (Å²) in [5.74, 6) is 1.93. The Balaban J connectivity index is 2.73. The van der Waals surface area contributed by atoms with Gasteiger partial charge in [-0.1, -0.05) is 12.1 Å². The van der Waals surface area contributed by atoms with Crippen molar-refractivity contribution in [2.75, 3.05) is 6.61 Å². The lowest BCUT2D eigenvalue weighted by Gasteiger charge is -2.02.